The molecule has 1 atom stereocenters. The molecule has 0 spiro atoms. The highest BCUT2D eigenvalue weighted by molar-refractivity contribution is 14.1. The maximum Gasteiger partial charge on any atom is 0.251 e. The van der Waals surface area contributed by atoms with E-state index < -0.39 is 6.10 Å². The lowest BCUT2D eigenvalue weighted by Crippen LogP contribution is -2.31. The van der Waals surface area contributed by atoms with Gasteiger partial charge in [0.2, 0.25) is 0 Å². The summed E-state index contributed by atoms with van der Waals surface area (Å²) in [7, 11) is 0. The Hall–Kier alpha value is -1.11. The minimum Gasteiger partial charge on any atom is -0.384 e. The normalized spacial score (nSPS) is 15.3. The van der Waals surface area contributed by atoms with Crippen LogP contribution in [0.4, 0.5) is 0 Å². The summed E-state index contributed by atoms with van der Waals surface area (Å²) in [4.78, 5) is 11.9. The molecule has 0 aliphatic carbocycles. The summed E-state index contributed by atoms with van der Waals surface area (Å²) in [6.45, 7) is 0.667. The molecule has 2 aromatic carbocycles. The first-order chi connectivity index (χ1) is 10.1. The summed E-state index contributed by atoms with van der Waals surface area (Å²) in [5, 5.41) is 14.0. The zero-order valence-electron chi connectivity index (χ0n) is 11.1. The van der Waals surface area contributed by atoms with E-state index in [-0.39, 0.29) is 5.91 Å². The van der Waals surface area contributed by atoms with Crippen LogP contribution in [0.2, 0.25) is 5.02 Å². The molecule has 1 aliphatic heterocycles. The minimum absolute atomic E-state index is 0.0777. The molecule has 21 heavy (non-hydrogen) atoms. The van der Waals surface area contributed by atoms with Gasteiger partial charge >= 0.3 is 0 Å². The van der Waals surface area contributed by atoms with E-state index in [4.69, 9.17) is 11.6 Å². The largest absolute Gasteiger partial charge is 0.384 e. The van der Waals surface area contributed by atoms with Gasteiger partial charge in [-0.15, -0.1) is 0 Å². The fourth-order valence-electron chi connectivity index (χ4n) is 2.50. The Labute approximate surface area is 141 Å². The first kappa shape index (κ1) is 14.8. The number of fused-ring (bicyclic) bond motifs is 1. The van der Waals surface area contributed by atoms with Gasteiger partial charge in [-0.1, -0.05) is 23.7 Å². The van der Waals surface area contributed by atoms with Gasteiger partial charge < -0.3 is 10.4 Å². The molecule has 1 aliphatic rings. The number of hydrogen-bond acceptors (Lipinski definition) is 2. The van der Waals surface area contributed by atoms with Crippen LogP contribution in [0.3, 0.4) is 0 Å². The van der Waals surface area contributed by atoms with Gasteiger partial charge in [0.1, 0.15) is 6.10 Å². The maximum absolute atomic E-state index is 11.9. The van der Waals surface area contributed by atoms with E-state index >= 15 is 0 Å². The molecule has 0 bridgehead atoms. The van der Waals surface area contributed by atoms with Crippen molar-refractivity contribution in [2.45, 2.75) is 12.5 Å². The number of hydrogen-bond donors (Lipinski definition) is 2. The van der Waals surface area contributed by atoms with E-state index in [1.807, 2.05) is 18.2 Å². The Morgan fingerprint density at radius 1 is 1.24 bits per heavy atom. The second-order valence-electron chi connectivity index (χ2n) is 4.99. The van der Waals surface area contributed by atoms with Gasteiger partial charge in [-0.3, -0.25) is 4.79 Å². The number of aliphatic hydroxyl groups is 1. The number of rotatable bonds is 2. The first-order valence-corrected chi connectivity index (χ1v) is 8.06. The van der Waals surface area contributed by atoms with Gasteiger partial charge in [0.25, 0.3) is 5.91 Å². The summed E-state index contributed by atoms with van der Waals surface area (Å²) in [6.07, 6.45) is 0.0298. The van der Waals surface area contributed by atoms with Crippen LogP contribution in [-0.2, 0) is 6.42 Å². The van der Waals surface area contributed by atoms with E-state index in [2.05, 4.69) is 27.9 Å². The van der Waals surface area contributed by atoms with Crippen molar-refractivity contribution in [3.8, 4) is 0 Å². The Morgan fingerprint density at radius 2 is 2.05 bits per heavy atom. The third-order valence-electron chi connectivity index (χ3n) is 3.63. The molecular formula is C16H13ClINO2. The van der Waals surface area contributed by atoms with E-state index in [1.54, 1.807) is 18.2 Å². The van der Waals surface area contributed by atoms with E-state index in [9.17, 15) is 9.90 Å². The van der Waals surface area contributed by atoms with Gasteiger partial charge in [0, 0.05) is 20.7 Å². The Balaban J connectivity index is 2.02. The quantitative estimate of drug-likeness (QED) is 0.742. The van der Waals surface area contributed by atoms with Crippen LogP contribution in [0.5, 0.6) is 0 Å². The molecule has 2 N–H and O–H groups in total. The molecule has 0 saturated carbocycles. The number of aliphatic hydroxyl groups excluding tert-OH is 1. The van der Waals surface area contributed by atoms with E-state index in [0.29, 0.717) is 22.7 Å². The van der Waals surface area contributed by atoms with Gasteiger partial charge in [-0.05, 0) is 70.0 Å². The third kappa shape index (κ3) is 2.93. The Morgan fingerprint density at radius 3 is 2.86 bits per heavy atom. The molecule has 0 aromatic heterocycles. The molecule has 3 nitrogen and oxygen atoms in total. The molecule has 1 unspecified atom stereocenters. The first-order valence-electron chi connectivity index (χ1n) is 6.60. The van der Waals surface area contributed by atoms with Gasteiger partial charge in [-0.25, -0.2) is 0 Å². The van der Waals surface area contributed by atoms with Crippen LogP contribution < -0.4 is 5.32 Å². The monoisotopic (exact) mass is 413 g/mol. The summed E-state index contributed by atoms with van der Waals surface area (Å²) >= 11 is 8.18. The smallest absolute Gasteiger partial charge is 0.251 e. The third-order valence-corrected chi connectivity index (χ3v) is 4.84. The van der Waals surface area contributed by atoms with Gasteiger partial charge in [0.05, 0.1) is 0 Å². The number of amides is 1. The number of carbonyl (C=O) groups excluding carboxylic acids is 1. The molecule has 0 radical (unpaired) electrons. The van der Waals surface area contributed by atoms with Crippen molar-refractivity contribution in [1.82, 2.24) is 5.32 Å². The van der Waals surface area contributed by atoms with Crippen LogP contribution in [0.25, 0.3) is 0 Å². The number of carbonyl (C=O) groups is 1. The van der Waals surface area contributed by atoms with Gasteiger partial charge in [0.15, 0.2) is 0 Å². The van der Waals surface area contributed by atoms with Crippen molar-refractivity contribution >= 4 is 40.1 Å². The fraction of sp³-hybridized carbons (Fsp3) is 0.188. The SMILES string of the molecule is O=C1NCCc2ccc(C(O)c3cc(Cl)ccc3I)cc21. The fourth-order valence-corrected chi connectivity index (χ4v) is 3.31. The van der Waals surface area contributed by atoms with Crippen molar-refractivity contribution in [2.24, 2.45) is 0 Å². The second kappa shape index (κ2) is 5.94. The number of halogens is 2. The Bertz CT molecular complexity index is 717. The molecule has 1 heterocycles. The summed E-state index contributed by atoms with van der Waals surface area (Å²) in [5.74, 6) is -0.0777. The zero-order chi connectivity index (χ0) is 15.0. The molecular weight excluding hydrogens is 401 g/mol. The van der Waals surface area contributed by atoms with Crippen molar-refractivity contribution in [2.75, 3.05) is 6.54 Å². The summed E-state index contributed by atoms with van der Waals surface area (Å²) in [5.41, 5.74) is 3.12. The van der Waals surface area contributed by atoms with E-state index in [0.717, 1.165) is 21.1 Å². The Kier molecular flexibility index (Phi) is 4.19. The molecule has 5 heteroatoms. The highest BCUT2D eigenvalue weighted by Crippen LogP contribution is 2.30. The van der Waals surface area contributed by atoms with Crippen molar-refractivity contribution in [3.63, 3.8) is 0 Å². The van der Waals surface area contributed by atoms with Gasteiger partial charge in [-0.2, -0.15) is 0 Å². The van der Waals surface area contributed by atoms with Crippen LogP contribution in [0, 0.1) is 3.57 Å². The van der Waals surface area contributed by atoms with Crippen LogP contribution in [-0.4, -0.2) is 17.6 Å². The molecule has 108 valence electrons. The van der Waals surface area contributed by atoms with Crippen molar-refractivity contribution in [3.05, 3.63) is 67.2 Å². The number of benzene rings is 2. The molecule has 1 amide bonds. The lowest BCUT2D eigenvalue weighted by molar-refractivity contribution is 0.0945. The van der Waals surface area contributed by atoms with Crippen LogP contribution >= 0.6 is 34.2 Å². The number of nitrogens with one attached hydrogen (secondary N) is 1. The lowest BCUT2D eigenvalue weighted by atomic mass is 9.94. The van der Waals surface area contributed by atoms with Crippen LogP contribution in [0.15, 0.2) is 36.4 Å². The highest BCUT2D eigenvalue weighted by Gasteiger charge is 2.20. The molecule has 0 saturated heterocycles. The molecule has 2 aromatic rings. The average molecular weight is 414 g/mol. The van der Waals surface area contributed by atoms with E-state index in [1.165, 1.54) is 0 Å². The average Bonchev–Trinajstić information content (AvgIpc) is 2.49. The summed E-state index contributed by atoms with van der Waals surface area (Å²) < 4.78 is 0.937. The maximum atomic E-state index is 11.9. The zero-order valence-corrected chi connectivity index (χ0v) is 14.0. The lowest BCUT2D eigenvalue weighted by Gasteiger charge is -2.19. The highest BCUT2D eigenvalue weighted by atomic mass is 127. The van der Waals surface area contributed by atoms with Crippen molar-refractivity contribution < 1.29 is 9.90 Å². The predicted molar refractivity (Wildman–Crippen MR) is 90.7 cm³/mol. The summed E-state index contributed by atoms with van der Waals surface area (Å²) in [6, 6.07) is 11.0. The topological polar surface area (TPSA) is 49.3 Å². The second-order valence-corrected chi connectivity index (χ2v) is 6.59. The van der Waals surface area contributed by atoms with Crippen molar-refractivity contribution in [1.29, 1.82) is 0 Å². The van der Waals surface area contributed by atoms with Crippen LogP contribution in [0.1, 0.15) is 33.2 Å². The molecule has 0 fully saturated rings. The predicted octanol–water partition coefficient (Wildman–Crippen LogP) is 3.31. The minimum atomic E-state index is -0.796. The standard InChI is InChI=1S/C16H13ClINO2/c17-11-3-4-14(18)13(8-11)15(20)10-2-1-9-5-6-19-16(21)12(9)7-10/h1-4,7-8,15,20H,5-6H2,(H,19,21). The molecule has 3 rings (SSSR count).